The monoisotopic (exact) mass is 391 g/mol. The Balaban J connectivity index is 1.81. The first kappa shape index (κ1) is 18.3. The van der Waals surface area contributed by atoms with Crippen LogP contribution >= 0.6 is 0 Å². The number of aromatic nitrogens is 6. The van der Waals surface area contributed by atoms with Crippen LogP contribution in [0.4, 0.5) is 5.69 Å². The molecule has 1 N–H and O–H groups in total. The molecule has 0 radical (unpaired) electrons. The summed E-state index contributed by atoms with van der Waals surface area (Å²) in [5, 5.41) is 18.5. The molecule has 0 aliphatic rings. The summed E-state index contributed by atoms with van der Waals surface area (Å²) in [4.78, 5) is 31.1. The minimum atomic E-state index is -0.819. The molecule has 0 bridgehead atoms. The van der Waals surface area contributed by atoms with E-state index in [1.165, 1.54) is 12.4 Å². The third-order valence-corrected chi connectivity index (χ3v) is 4.65. The van der Waals surface area contributed by atoms with E-state index < -0.39 is 16.2 Å². The maximum atomic E-state index is 12.4. The molecule has 0 amide bonds. The van der Waals surface area contributed by atoms with E-state index in [2.05, 4.69) is 20.2 Å². The predicted octanol–water partition coefficient (Wildman–Crippen LogP) is 2.61. The van der Waals surface area contributed by atoms with E-state index in [1.807, 2.05) is 49.7 Å². The van der Waals surface area contributed by atoms with Crippen molar-refractivity contribution in [3.8, 4) is 5.69 Å². The van der Waals surface area contributed by atoms with Crippen LogP contribution in [0.2, 0.25) is 0 Å². The molecule has 0 spiro atoms. The van der Waals surface area contributed by atoms with Gasteiger partial charge in [0.1, 0.15) is 6.33 Å². The van der Waals surface area contributed by atoms with Gasteiger partial charge in [0, 0.05) is 11.3 Å². The number of hydrogen-bond donors (Lipinski definition) is 1. The molecule has 1 aromatic carbocycles. The summed E-state index contributed by atoms with van der Waals surface area (Å²) in [5.41, 5.74) is 2.97. The fourth-order valence-electron chi connectivity index (χ4n) is 3.15. The number of nitrogens with one attached hydrogen (secondary N) is 1. The van der Waals surface area contributed by atoms with Crippen LogP contribution in [0.25, 0.3) is 23.6 Å². The Labute approximate surface area is 164 Å². The number of aryl methyl sites for hydroxylation is 2. The Morgan fingerprint density at radius 2 is 1.86 bits per heavy atom. The standard InChI is InChI=1S/C19H17N7O3/c1-11-4-6-14(7-5-11)24-13(3)15(12(2)23-24)8-9-16-17(26(28)29)18(27)25-19(22-16)20-10-21-25/h4-10H,1-3H3,(H,20,21,22)/b9-8+. The average Bonchev–Trinajstić information content (AvgIpc) is 3.25. The molecule has 29 heavy (non-hydrogen) atoms. The largest absolute Gasteiger partial charge is 0.361 e. The van der Waals surface area contributed by atoms with Gasteiger partial charge >= 0.3 is 11.2 Å². The number of nitro groups is 1. The quantitative estimate of drug-likeness (QED) is 0.421. The zero-order chi connectivity index (χ0) is 20.7. The molecular weight excluding hydrogens is 374 g/mol. The number of rotatable bonds is 4. The van der Waals surface area contributed by atoms with Crippen LogP contribution in [0, 0.1) is 30.9 Å². The molecule has 3 aromatic heterocycles. The molecule has 0 fully saturated rings. The number of fused-ring (bicyclic) bond motifs is 1. The lowest BCUT2D eigenvalue weighted by atomic mass is 10.1. The lowest BCUT2D eigenvalue weighted by Gasteiger charge is -2.04. The van der Waals surface area contributed by atoms with Crippen LogP contribution in [0.3, 0.4) is 0 Å². The minimum Gasteiger partial charge on any atom is -0.277 e. The Kier molecular flexibility index (Phi) is 4.30. The maximum Gasteiger partial charge on any atom is 0.361 e. The van der Waals surface area contributed by atoms with Crippen LogP contribution in [0.1, 0.15) is 28.2 Å². The minimum absolute atomic E-state index is 0.0593. The summed E-state index contributed by atoms with van der Waals surface area (Å²) in [6, 6.07) is 7.95. The summed E-state index contributed by atoms with van der Waals surface area (Å²) < 4.78 is 2.74. The fourth-order valence-corrected chi connectivity index (χ4v) is 3.15. The van der Waals surface area contributed by atoms with Crippen LogP contribution in [0.5, 0.6) is 0 Å². The van der Waals surface area contributed by atoms with Gasteiger partial charge in [-0.2, -0.15) is 9.61 Å². The number of hydrogen-bond acceptors (Lipinski definition) is 6. The summed E-state index contributed by atoms with van der Waals surface area (Å²) in [7, 11) is 0. The van der Waals surface area contributed by atoms with Crippen molar-refractivity contribution in [1.82, 2.24) is 29.4 Å². The normalized spacial score (nSPS) is 11.6. The molecule has 10 nitrogen and oxygen atoms in total. The maximum absolute atomic E-state index is 12.4. The second-order valence-electron chi connectivity index (χ2n) is 6.60. The zero-order valence-electron chi connectivity index (χ0n) is 15.9. The fraction of sp³-hybridized carbons (Fsp3) is 0.158. The van der Waals surface area contributed by atoms with E-state index in [0.29, 0.717) is 0 Å². The molecule has 0 aliphatic heterocycles. The van der Waals surface area contributed by atoms with Gasteiger partial charge in [0.15, 0.2) is 5.69 Å². The molecule has 0 unspecified atom stereocenters. The molecule has 0 saturated carbocycles. The van der Waals surface area contributed by atoms with Gasteiger partial charge in [0.05, 0.1) is 16.3 Å². The van der Waals surface area contributed by atoms with Crippen molar-refractivity contribution in [2.75, 3.05) is 0 Å². The van der Waals surface area contributed by atoms with Crippen LogP contribution in [0.15, 0.2) is 35.4 Å². The number of nitrogens with zero attached hydrogens (tertiary/aromatic N) is 6. The first-order valence-corrected chi connectivity index (χ1v) is 8.78. The first-order valence-electron chi connectivity index (χ1n) is 8.78. The Morgan fingerprint density at radius 3 is 2.55 bits per heavy atom. The van der Waals surface area contributed by atoms with Gasteiger partial charge in [0.2, 0.25) is 0 Å². The molecular formula is C19H17N7O3. The van der Waals surface area contributed by atoms with Crippen LogP contribution in [-0.4, -0.2) is 34.3 Å². The molecule has 3 heterocycles. The van der Waals surface area contributed by atoms with Gasteiger partial charge in [0.25, 0.3) is 5.78 Å². The highest BCUT2D eigenvalue weighted by atomic mass is 16.6. The van der Waals surface area contributed by atoms with Crippen molar-refractivity contribution in [3.63, 3.8) is 0 Å². The Hall–Kier alpha value is -4.08. The number of H-pyrrole nitrogens is 1. The van der Waals surface area contributed by atoms with Crippen molar-refractivity contribution >= 4 is 23.6 Å². The third-order valence-electron chi connectivity index (χ3n) is 4.65. The van der Waals surface area contributed by atoms with E-state index in [0.717, 1.165) is 32.7 Å². The average molecular weight is 391 g/mol. The Morgan fingerprint density at radius 1 is 1.14 bits per heavy atom. The predicted molar refractivity (Wildman–Crippen MR) is 107 cm³/mol. The summed E-state index contributed by atoms with van der Waals surface area (Å²) >= 11 is 0. The van der Waals surface area contributed by atoms with Crippen LogP contribution in [-0.2, 0) is 0 Å². The molecule has 146 valence electrons. The molecule has 0 saturated heterocycles. The van der Waals surface area contributed by atoms with Gasteiger partial charge in [-0.05, 0) is 45.1 Å². The summed E-state index contributed by atoms with van der Waals surface area (Å²) in [6.07, 6.45) is 4.38. The van der Waals surface area contributed by atoms with E-state index in [4.69, 9.17) is 0 Å². The van der Waals surface area contributed by atoms with Gasteiger partial charge in [-0.25, -0.2) is 14.6 Å². The van der Waals surface area contributed by atoms with Gasteiger partial charge in [-0.3, -0.25) is 20.0 Å². The van der Waals surface area contributed by atoms with Crippen molar-refractivity contribution in [3.05, 3.63) is 79.3 Å². The lowest BCUT2D eigenvalue weighted by molar-refractivity contribution is -0.386. The molecule has 0 atom stereocenters. The molecule has 10 heteroatoms. The third kappa shape index (κ3) is 3.10. The van der Waals surface area contributed by atoms with Crippen molar-refractivity contribution in [1.29, 1.82) is 0 Å². The van der Waals surface area contributed by atoms with Crippen molar-refractivity contribution in [2.24, 2.45) is 0 Å². The number of benzene rings is 1. The van der Waals surface area contributed by atoms with Gasteiger partial charge < -0.3 is 0 Å². The summed E-state index contributed by atoms with van der Waals surface area (Å²) in [6.45, 7) is 5.77. The Bertz CT molecular complexity index is 1330. The van der Waals surface area contributed by atoms with Crippen molar-refractivity contribution < 1.29 is 4.92 Å². The smallest absolute Gasteiger partial charge is 0.277 e. The highest BCUT2D eigenvalue weighted by Gasteiger charge is 2.23. The molecule has 4 rings (SSSR count). The van der Waals surface area contributed by atoms with Crippen LogP contribution < -0.4 is 5.56 Å². The first-order chi connectivity index (χ1) is 13.9. The van der Waals surface area contributed by atoms with E-state index in [1.54, 1.807) is 6.08 Å². The second kappa shape index (κ2) is 6.82. The van der Waals surface area contributed by atoms with Gasteiger partial charge in [-0.1, -0.05) is 17.7 Å². The molecule has 4 aromatic rings. The second-order valence-corrected chi connectivity index (χ2v) is 6.60. The number of aromatic amines is 1. The zero-order valence-corrected chi connectivity index (χ0v) is 15.9. The van der Waals surface area contributed by atoms with E-state index in [9.17, 15) is 14.9 Å². The van der Waals surface area contributed by atoms with Crippen molar-refractivity contribution in [2.45, 2.75) is 20.8 Å². The topological polar surface area (TPSA) is 124 Å². The highest BCUT2D eigenvalue weighted by Crippen LogP contribution is 2.22. The SMILES string of the molecule is Cc1ccc(-n2nc(C)c(/C=C/c3nc4nc[nH]n4c(=O)c3[N+](=O)[O-])c2C)cc1. The highest BCUT2D eigenvalue weighted by molar-refractivity contribution is 5.74. The summed E-state index contributed by atoms with van der Waals surface area (Å²) in [5.74, 6) is 0.0593. The van der Waals surface area contributed by atoms with Gasteiger partial charge in [-0.15, -0.1) is 0 Å². The van der Waals surface area contributed by atoms with E-state index >= 15 is 0 Å². The molecule has 0 aliphatic carbocycles. The lowest BCUT2D eigenvalue weighted by Crippen LogP contribution is -2.20. The van der Waals surface area contributed by atoms with E-state index in [-0.39, 0.29) is 11.5 Å².